The molecule has 0 aliphatic carbocycles. The maximum Gasteiger partial charge on any atom is 0.225 e. The van der Waals surface area contributed by atoms with Crippen LogP contribution in [0.4, 0.5) is 5.95 Å². The van der Waals surface area contributed by atoms with Crippen molar-refractivity contribution in [2.24, 2.45) is 0 Å². The van der Waals surface area contributed by atoms with Crippen molar-refractivity contribution in [1.82, 2.24) is 20.2 Å². The van der Waals surface area contributed by atoms with Gasteiger partial charge >= 0.3 is 0 Å². The van der Waals surface area contributed by atoms with E-state index in [1.807, 2.05) is 18.5 Å². The number of fused-ring (bicyclic) bond motifs is 1. The van der Waals surface area contributed by atoms with E-state index in [-0.39, 0.29) is 0 Å². The van der Waals surface area contributed by atoms with E-state index < -0.39 is 0 Å². The summed E-state index contributed by atoms with van der Waals surface area (Å²) in [5.74, 6) is 0.868. The molecule has 1 aromatic heterocycles. The molecule has 0 amide bonds. The van der Waals surface area contributed by atoms with Gasteiger partial charge in [0.05, 0.1) is 0 Å². The Hall–Kier alpha value is -1.98. The molecule has 2 aromatic rings. The summed E-state index contributed by atoms with van der Waals surface area (Å²) in [6.45, 7) is 6.58. The Morgan fingerprint density at radius 3 is 2.52 bits per heavy atom. The molecular weight excluding hydrogens is 310 g/mol. The van der Waals surface area contributed by atoms with Gasteiger partial charge in [-0.2, -0.15) is 0 Å². The van der Waals surface area contributed by atoms with E-state index in [1.165, 1.54) is 36.9 Å². The molecule has 0 atom stereocenters. The largest absolute Gasteiger partial charge is 0.341 e. The maximum atomic E-state index is 4.36. The van der Waals surface area contributed by atoms with Crippen molar-refractivity contribution < 1.29 is 0 Å². The number of nitrogens with zero attached hydrogens (tertiary/aromatic N) is 4. The van der Waals surface area contributed by atoms with E-state index in [9.17, 15) is 0 Å². The molecule has 0 bridgehead atoms. The average molecular weight is 337 g/mol. The fraction of sp³-hybridized carbons (Fsp3) is 0.500. The first kappa shape index (κ1) is 16.5. The quantitative estimate of drug-likeness (QED) is 0.905. The Balaban J connectivity index is 1.18. The first-order valence-corrected chi connectivity index (χ1v) is 9.43. The predicted octanol–water partition coefficient (Wildman–Crippen LogP) is 2.09. The second-order valence-electron chi connectivity index (χ2n) is 7.06. The van der Waals surface area contributed by atoms with Gasteiger partial charge in [-0.3, -0.25) is 4.90 Å². The van der Waals surface area contributed by atoms with Crippen molar-refractivity contribution in [1.29, 1.82) is 0 Å². The average Bonchev–Trinajstić information content (AvgIpc) is 2.69. The van der Waals surface area contributed by atoms with Crippen LogP contribution in [0.5, 0.6) is 0 Å². The van der Waals surface area contributed by atoms with E-state index in [0.29, 0.717) is 6.04 Å². The van der Waals surface area contributed by atoms with Crippen LogP contribution in [0, 0.1) is 0 Å². The van der Waals surface area contributed by atoms with Gasteiger partial charge in [0, 0.05) is 57.7 Å². The highest BCUT2D eigenvalue weighted by molar-refractivity contribution is 5.29. The fourth-order valence-electron chi connectivity index (χ4n) is 3.91. The zero-order valence-electron chi connectivity index (χ0n) is 14.8. The molecule has 5 nitrogen and oxygen atoms in total. The molecule has 3 heterocycles. The van der Waals surface area contributed by atoms with Crippen molar-refractivity contribution in [2.75, 3.05) is 37.6 Å². The Morgan fingerprint density at radius 2 is 1.72 bits per heavy atom. The van der Waals surface area contributed by atoms with Gasteiger partial charge in [0.15, 0.2) is 0 Å². The van der Waals surface area contributed by atoms with Crippen molar-refractivity contribution >= 4 is 5.95 Å². The normalized spacial score (nSPS) is 19.0. The molecule has 0 saturated carbocycles. The number of aromatic nitrogens is 2. The zero-order valence-corrected chi connectivity index (χ0v) is 14.8. The van der Waals surface area contributed by atoms with Crippen LogP contribution in [0.25, 0.3) is 0 Å². The van der Waals surface area contributed by atoms with E-state index in [2.05, 4.69) is 49.4 Å². The highest BCUT2D eigenvalue weighted by atomic mass is 15.3. The monoisotopic (exact) mass is 337 g/mol. The minimum absolute atomic E-state index is 0.622. The van der Waals surface area contributed by atoms with E-state index in [0.717, 1.165) is 38.7 Å². The minimum Gasteiger partial charge on any atom is -0.341 e. The highest BCUT2D eigenvalue weighted by Gasteiger charge is 2.21. The molecule has 2 aliphatic rings. The number of hydrogen-bond donors (Lipinski definition) is 1. The maximum absolute atomic E-state index is 4.36. The molecule has 25 heavy (non-hydrogen) atoms. The van der Waals surface area contributed by atoms with Crippen molar-refractivity contribution in [2.45, 2.75) is 31.8 Å². The first-order valence-electron chi connectivity index (χ1n) is 9.43. The number of anilines is 1. The number of piperidine rings is 1. The Morgan fingerprint density at radius 1 is 0.960 bits per heavy atom. The van der Waals surface area contributed by atoms with Gasteiger partial charge in [0.25, 0.3) is 0 Å². The van der Waals surface area contributed by atoms with Crippen molar-refractivity contribution in [3.8, 4) is 0 Å². The third-order valence-corrected chi connectivity index (χ3v) is 5.40. The zero-order chi connectivity index (χ0) is 16.9. The molecule has 4 rings (SSSR count). The molecule has 1 saturated heterocycles. The van der Waals surface area contributed by atoms with Crippen LogP contribution in [0.3, 0.4) is 0 Å². The standard InChI is InChI=1S/C20H27N5/c1-2-5-18-16-24(12-6-17(18)4-1)15-11-21-19-7-13-25(14-8-19)20-22-9-3-10-23-20/h1-5,9-10,19,21H,6-8,11-16H2. The summed E-state index contributed by atoms with van der Waals surface area (Å²) in [5, 5.41) is 3.76. The lowest BCUT2D eigenvalue weighted by molar-refractivity contribution is 0.247. The summed E-state index contributed by atoms with van der Waals surface area (Å²) in [6, 6.07) is 11.4. The van der Waals surface area contributed by atoms with E-state index in [4.69, 9.17) is 0 Å². The predicted molar refractivity (Wildman–Crippen MR) is 101 cm³/mol. The Bertz CT molecular complexity index is 667. The second-order valence-corrected chi connectivity index (χ2v) is 7.06. The van der Waals surface area contributed by atoms with Gasteiger partial charge in [-0.1, -0.05) is 24.3 Å². The molecule has 0 spiro atoms. The van der Waals surface area contributed by atoms with Gasteiger partial charge in [0.2, 0.25) is 5.95 Å². The Labute approximate surface area is 150 Å². The number of hydrogen-bond acceptors (Lipinski definition) is 5. The topological polar surface area (TPSA) is 44.3 Å². The SMILES string of the molecule is c1cnc(N2CCC(NCCN3CCc4ccccc4C3)CC2)nc1. The van der Waals surface area contributed by atoms with Crippen LogP contribution < -0.4 is 10.2 Å². The van der Waals surface area contributed by atoms with Crippen LogP contribution in [0.15, 0.2) is 42.7 Å². The third kappa shape index (κ3) is 4.17. The van der Waals surface area contributed by atoms with E-state index in [1.54, 1.807) is 0 Å². The van der Waals surface area contributed by atoms with Gasteiger partial charge in [-0.05, 0) is 36.5 Å². The lowest BCUT2D eigenvalue weighted by atomic mass is 10.00. The number of benzene rings is 1. The third-order valence-electron chi connectivity index (χ3n) is 5.40. The lowest BCUT2D eigenvalue weighted by Crippen LogP contribution is -2.45. The smallest absolute Gasteiger partial charge is 0.225 e. The van der Waals surface area contributed by atoms with Gasteiger partial charge < -0.3 is 10.2 Å². The Kier molecular flexibility index (Phi) is 5.23. The number of nitrogens with one attached hydrogen (secondary N) is 1. The summed E-state index contributed by atoms with van der Waals surface area (Å²) in [7, 11) is 0. The van der Waals surface area contributed by atoms with Gasteiger partial charge in [-0.15, -0.1) is 0 Å². The summed E-state index contributed by atoms with van der Waals surface area (Å²) in [4.78, 5) is 13.6. The van der Waals surface area contributed by atoms with Crippen molar-refractivity contribution in [3.05, 3.63) is 53.9 Å². The summed E-state index contributed by atoms with van der Waals surface area (Å²) in [6.07, 6.45) is 7.17. The molecule has 1 aromatic carbocycles. The van der Waals surface area contributed by atoms with Crippen LogP contribution in [-0.4, -0.2) is 53.6 Å². The van der Waals surface area contributed by atoms with E-state index >= 15 is 0 Å². The van der Waals surface area contributed by atoms with Crippen LogP contribution in [-0.2, 0) is 13.0 Å². The first-order chi connectivity index (χ1) is 12.4. The molecule has 132 valence electrons. The second kappa shape index (κ2) is 7.93. The molecule has 5 heteroatoms. The molecular formula is C20H27N5. The number of rotatable bonds is 5. The van der Waals surface area contributed by atoms with Crippen molar-refractivity contribution in [3.63, 3.8) is 0 Å². The molecule has 1 N–H and O–H groups in total. The van der Waals surface area contributed by atoms with Gasteiger partial charge in [0.1, 0.15) is 0 Å². The summed E-state index contributed by atoms with van der Waals surface area (Å²) < 4.78 is 0. The highest BCUT2D eigenvalue weighted by Crippen LogP contribution is 2.18. The van der Waals surface area contributed by atoms with Crippen LogP contribution in [0.2, 0.25) is 0 Å². The lowest BCUT2D eigenvalue weighted by Gasteiger charge is -2.33. The summed E-state index contributed by atoms with van der Waals surface area (Å²) in [5.41, 5.74) is 3.03. The molecule has 0 unspecified atom stereocenters. The molecule has 0 radical (unpaired) electrons. The summed E-state index contributed by atoms with van der Waals surface area (Å²) >= 11 is 0. The van der Waals surface area contributed by atoms with Crippen LogP contribution >= 0.6 is 0 Å². The van der Waals surface area contributed by atoms with Crippen LogP contribution in [0.1, 0.15) is 24.0 Å². The van der Waals surface area contributed by atoms with Gasteiger partial charge in [-0.25, -0.2) is 9.97 Å². The molecule has 2 aliphatic heterocycles. The minimum atomic E-state index is 0.622. The fourth-order valence-corrected chi connectivity index (χ4v) is 3.91. The molecule has 1 fully saturated rings.